The number of aliphatic hydroxyl groups excluding tert-OH is 1. The van der Waals surface area contributed by atoms with Crippen LogP contribution in [-0.2, 0) is 4.79 Å². The molecule has 0 saturated carbocycles. The smallest absolute Gasteiger partial charge is 0.223 e. The van der Waals surface area contributed by atoms with Crippen LogP contribution in [0, 0.1) is 6.92 Å². The number of hydrogen-bond acceptors (Lipinski definition) is 3. The van der Waals surface area contributed by atoms with E-state index >= 15 is 0 Å². The number of aryl methyl sites for hydroxylation is 1. The summed E-state index contributed by atoms with van der Waals surface area (Å²) >= 11 is 6.25. The molecule has 104 valence electrons. The van der Waals surface area contributed by atoms with Crippen LogP contribution in [0.1, 0.15) is 29.9 Å². The van der Waals surface area contributed by atoms with Crippen molar-refractivity contribution in [2.24, 2.45) is 0 Å². The number of halogens is 1. The second kappa shape index (κ2) is 5.80. The number of carbonyl (C=O) groups excluding carboxylic acids is 1. The molecular weight excluding hydrogens is 266 g/mol. The van der Waals surface area contributed by atoms with E-state index in [-0.39, 0.29) is 24.2 Å². The average Bonchev–Trinajstić information content (AvgIpc) is 2.73. The van der Waals surface area contributed by atoms with Gasteiger partial charge in [-0.3, -0.25) is 4.79 Å². The van der Waals surface area contributed by atoms with E-state index in [0.717, 1.165) is 5.56 Å². The van der Waals surface area contributed by atoms with E-state index in [1.807, 2.05) is 6.92 Å². The Morgan fingerprint density at radius 2 is 2.21 bits per heavy atom. The molecule has 1 aromatic rings. The summed E-state index contributed by atoms with van der Waals surface area (Å²) in [5, 5.41) is 19.3. The van der Waals surface area contributed by atoms with Gasteiger partial charge in [0.2, 0.25) is 5.91 Å². The van der Waals surface area contributed by atoms with Crippen molar-refractivity contribution in [3.63, 3.8) is 0 Å². The lowest BCUT2D eigenvalue weighted by atomic mass is 9.95. The third-order valence-electron chi connectivity index (χ3n) is 3.56. The van der Waals surface area contributed by atoms with Crippen LogP contribution in [0.2, 0.25) is 5.02 Å². The average molecular weight is 284 g/mol. The molecule has 0 spiro atoms. The molecule has 0 aromatic heterocycles. The first-order valence-electron chi connectivity index (χ1n) is 6.41. The Hall–Kier alpha value is -1.26. The van der Waals surface area contributed by atoms with Crippen LogP contribution in [0.4, 0.5) is 0 Å². The first-order valence-corrected chi connectivity index (χ1v) is 6.79. The highest BCUT2D eigenvalue weighted by Crippen LogP contribution is 2.39. The van der Waals surface area contributed by atoms with E-state index in [1.165, 1.54) is 0 Å². The van der Waals surface area contributed by atoms with E-state index < -0.39 is 0 Å². The lowest BCUT2D eigenvalue weighted by molar-refractivity contribution is -0.127. The van der Waals surface area contributed by atoms with Crippen molar-refractivity contribution < 1.29 is 15.0 Å². The molecule has 1 aliphatic heterocycles. The lowest BCUT2D eigenvalue weighted by Gasteiger charge is -2.18. The maximum Gasteiger partial charge on any atom is 0.223 e. The van der Waals surface area contributed by atoms with Crippen molar-refractivity contribution in [1.82, 2.24) is 4.90 Å². The summed E-state index contributed by atoms with van der Waals surface area (Å²) in [4.78, 5) is 13.6. The summed E-state index contributed by atoms with van der Waals surface area (Å²) in [6.07, 6.45) is 0.939. The molecule has 0 bridgehead atoms. The molecule has 0 aliphatic carbocycles. The van der Waals surface area contributed by atoms with Crippen LogP contribution in [-0.4, -0.2) is 40.7 Å². The van der Waals surface area contributed by atoms with Crippen molar-refractivity contribution in [3.05, 3.63) is 28.3 Å². The number of rotatable bonds is 4. The molecule has 1 aromatic carbocycles. The van der Waals surface area contributed by atoms with Gasteiger partial charge in [-0.05, 0) is 25.0 Å². The predicted octanol–water partition coefficient (Wildman–Crippen LogP) is 2.05. The maximum atomic E-state index is 11.9. The number of phenolic OH excluding ortho intramolecular Hbond substituents is 1. The van der Waals surface area contributed by atoms with Gasteiger partial charge in [0, 0.05) is 37.6 Å². The van der Waals surface area contributed by atoms with E-state index in [9.17, 15) is 9.90 Å². The molecule has 1 atom stereocenters. The number of amides is 1. The Labute approximate surface area is 117 Å². The summed E-state index contributed by atoms with van der Waals surface area (Å²) < 4.78 is 0. The van der Waals surface area contributed by atoms with E-state index in [0.29, 0.717) is 36.5 Å². The second-order valence-electron chi connectivity index (χ2n) is 4.95. The summed E-state index contributed by atoms with van der Waals surface area (Å²) in [7, 11) is 0. The number of phenols is 1. The van der Waals surface area contributed by atoms with Crippen molar-refractivity contribution in [2.75, 3.05) is 19.7 Å². The SMILES string of the molecule is Cc1ccc(O)c(C2CC(=O)N(CCCO)C2)c1Cl. The minimum Gasteiger partial charge on any atom is -0.508 e. The molecule has 1 amide bonds. The highest BCUT2D eigenvalue weighted by Gasteiger charge is 2.33. The van der Waals surface area contributed by atoms with Gasteiger partial charge in [-0.1, -0.05) is 17.7 Å². The highest BCUT2D eigenvalue weighted by atomic mass is 35.5. The minimum atomic E-state index is -0.0707. The Morgan fingerprint density at radius 1 is 1.47 bits per heavy atom. The first-order chi connectivity index (χ1) is 9.04. The molecule has 1 unspecified atom stereocenters. The molecular formula is C14H18ClNO3. The molecule has 1 heterocycles. The van der Waals surface area contributed by atoms with Gasteiger partial charge in [0.25, 0.3) is 0 Å². The monoisotopic (exact) mass is 283 g/mol. The van der Waals surface area contributed by atoms with Gasteiger partial charge in [0.15, 0.2) is 0 Å². The number of hydrogen-bond donors (Lipinski definition) is 2. The number of carbonyl (C=O) groups is 1. The summed E-state index contributed by atoms with van der Waals surface area (Å²) in [5.41, 5.74) is 1.57. The molecule has 2 N–H and O–H groups in total. The summed E-state index contributed by atoms with van der Waals surface area (Å²) in [5.74, 6) is 0.131. The van der Waals surface area contributed by atoms with Gasteiger partial charge in [0.1, 0.15) is 5.75 Å². The van der Waals surface area contributed by atoms with Gasteiger partial charge < -0.3 is 15.1 Å². The quantitative estimate of drug-likeness (QED) is 0.889. The maximum absolute atomic E-state index is 11.9. The Kier molecular flexibility index (Phi) is 4.32. The molecule has 2 rings (SSSR count). The standard InChI is InChI=1S/C14H18ClNO3/c1-9-3-4-11(18)13(14(9)15)10-7-12(19)16(8-10)5-2-6-17/h3-4,10,17-18H,2,5-8H2,1H3. The second-order valence-corrected chi connectivity index (χ2v) is 5.33. The lowest BCUT2D eigenvalue weighted by Crippen LogP contribution is -2.26. The van der Waals surface area contributed by atoms with Gasteiger partial charge in [-0.2, -0.15) is 0 Å². The van der Waals surface area contributed by atoms with Crippen molar-refractivity contribution in [2.45, 2.75) is 25.7 Å². The van der Waals surface area contributed by atoms with Crippen LogP contribution in [0.5, 0.6) is 5.75 Å². The zero-order valence-electron chi connectivity index (χ0n) is 10.9. The van der Waals surface area contributed by atoms with Gasteiger partial charge in [0.05, 0.1) is 5.02 Å². The van der Waals surface area contributed by atoms with Crippen LogP contribution in [0.3, 0.4) is 0 Å². The molecule has 5 heteroatoms. The fourth-order valence-electron chi connectivity index (χ4n) is 2.52. The van der Waals surface area contributed by atoms with Crippen LogP contribution < -0.4 is 0 Å². The first kappa shape index (κ1) is 14.2. The third-order valence-corrected chi connectivity index (χ3v) is 4.06. The number of nitrogens with zero attached hydrogens (tertiary/aromatic N) is 1. The molecule has 1 aliphatic rings. The van der Waals surface area contributed by atoms with Crippen molar-refractivity contribution in [3.8, 4) is 5.75 Å². The molecule has 4 nitrogen and oxygen atoms in total. The van der Waals surface area contributed by atoms with Crippen molar-refractivity contribution >= 4 is 17.5 Å². The van der Waals surface area contributed by atoms with Crippen LogP contribution in [0.15, 0.2) is 12.1 Å². The van der Waals surface area contributed by atoms with Gasteiger partial charge in [-0.15, -0.1) is 0 Å². The number of likely N-dealkylation sites (tertiary alicyclic amines) is 1. The van der Waals surface area contributed by atoms with E-state index in [4.69, 9.17) is 16.7 Å². The zero-order chi connectivity index (χ0) is 14.0. The molecule has 1 saturated heterocycles. The fourth-order valence-corrected chi connectivity index (χ4v) is 2.84. The molecule has 0 radical (unpaired) electrons. The summed E-state index contributed by atoms with van der Waals surface area (Å²) in [6, 6.07) is 3.39. The number of benzene rings is 1. The Morgan fingerprint density at radius 3 is 2.89 bits per heavy atom. The van der Waals surface area contributed by atoms with Gasteiger partial charge in [-0.25, -0.2) is 0 Å². The number of aromatic hydroxyl groups is 1. The fraction of sp³-hybridized carbons (Fsp3) is 0.500. The normalized spacial score (nSPS) is 19.2. The number of aliphatic hydroxyl groups is 1. The zero-order valence-corrected chi connectivity index (χ0v) is 11.7. The summed E-state index contributed by atoms with van der Waals surface area (Å²) in [6.45, 7) is 3.06. The Bertz CT molecular complexity index is 490. The van der Waals surface area contributed by atoms with E-state index in [1.54, 1.807) is 17.0 Å². The Balaban J connectivity index is 2.21. The van der Waals surface area contributed by atoms with Crippen LogP contribution in [0.25, 0.3) is 0 Å². The van der Waals surface area contributed by atoms with Crippen molar-refractivity contribution in [1.29, 1.82) is 0 Å². The highest BCUT2D eigenvalue weighted by molar-refractivity contribution is 6.32. The molecule has 19 heavy (non-hydrogen) atoms. The van der Waals surface area contributed by atoms with E-state index in [2.05, 4.69) is 0 Å². The largest absolute Gasteiger partial charge is 0.508 e. The van der Waals surface area contributed by atoms with Crippen LogP contribution >= 0.6 is 11.6 Å². The molecule has 1 fully saturated rings. The predicted molar refractivity (Wildman–Crippen MR) is 73.5 cm³/mol. The topological polar surface area (TPSA) is 60.8 Å². The minimum absolute atomic E-state index is 0.0513. The third kappa shape index (κ3) is 2.85. The van der Waals surface area contributed by atoms with Gasteiger partial charge >= 0.3 is 0 Å².